The minimum absolute atomic E-state index is 0.571. The topological polar surface area (TPSA) is 58.9 Å². The third-order valence-corrected chi connectivity index (χ3v) is 11.0. The molecule has 2 N–H and O–H groups in total. The molecule has 1 heterocycles. The number of aliphatic hydroxyl groups is 2. The number of alkyl halides is 24. The molecule has 0 aliphatic carbocycles. The van der Waals surface area contributed by atoms with E-state index in [1.165, 1.54) is 0 Å². The first-order valence-corrected chi connectivity index (χ1v) is 18.8. The summed E-state index contributed by atoms with van der Waals surface area (Å²) >= 11 is 0. The van der Waals surface area contributed by atoms with E-state index < -0.39 is 231 Å². The van der Waals surface area contributed by atoms with Crippen LogP contribution in [-0.4, -0.2) is 28.2 Å². The zero-order chi connectivity index (χ0) is 52.9. The summed E-state index contributed by atoms with van der Waals surface area (Å²) in [7, 11) is 0. The zero-order valence-corrected chi connectivity index (χ0v) is 33.8. The van der Waals surface area contributed by atoms with Crippen molar-refractivity contribution in [1.82, 2.24) is 0 Å². The summed E-state index contributed by atoms with van der Waals surface area (Å²) in [4.78, 5) is 0. The molecule has 0 aromatic heterocycles. The van der Waals surface area contributed by atoms with Gasteiger partial charge in [0.2, 0.25) is 0 Å². The summed E-state index contributed by atoms with van der Waals surface area (Å²) in [6.07, 6.45) is -57.6. The SMILES string of the molecule is CCC1(CC)O[C@@H](C(O)(c2cc(C(F)(F)F)cc(C(F)(F)F)c2)c2cc(C(F)(F)F)cc(C(F)(F)F)c2)[C@H](C(O)(c2cc(C(F)(F)F)cc(C(F)(F)F)c2)c2cc(C(F)(F)F)cc(C(F)(F)F)c2)O1. The third kappa shape index (κ3) is 10.9. The van der Waals surface area contributed by atoms with Gasteiger partial charge in [0.1, 0.15) is 23.4 Å². The number of ether oxygens (including phenoxy) is 2. The van der Waals surface area contributed by atoms with Crippen LogP contribution in [0.2, 0.25) is 0 Å². The largest absolute Gasteiger partial charge is 0.416 e. The molecule has 4 aromatic rings. The van der Waals surface area contributed by atoms with Gasteiger partial charge in [0, 0.05) is 0 Å². The van der Waals surface area contributed by atoms with E-state index >= 15 is 0 Å². The van der Waals surface area contributed by atoms with E-state index in [2.05, 4.69) is 0 Å². The Balaban J connectivity index is 2.16. The molecule has 2 atom stereocenters. The van der Waals surface area contributed by atoms with Gasteiger partial charge in [-0.05, 0) is 108 Å². The number of hydrogen-bond donors (Lipinski definition) is 2. The van der Waals surface area contributed by atoms with Gasteiger partial charge in [-0.3, -0.25) is 0 Å². The van der Waals surface area contributed by atoms with Crippen molar-refractivity contribution in [3.63, 3.8) is 0 Å². The van der Waals surface area contributed by atoms with E-state index in [9.17, 15) is 116 Å². The molecule has 1 saturated heterocycles. The van der Waals surface area contributed by atoms with Gasteiger partial charge in [-0.25, -0.2) is 0 Å². The fourth-order valence-corrected chi connectivity index (χ4v) is 7.50. The molecule has 1 fully saturated rings. The molecular weight excluding hydrogens is 1010 g/mol. The fourth-order valence-electron chi connectivity index (χ4n) is 7.50. The Labute approximate surface area is 370 Å². The lowest BCUT2D eigenvalue weighted by molar-refractivity contribution is -0.201. The molecule has 5 rings (SSSR count). The highest BCUT2D eigenvalue weighted by Crippen LogP contribution is 2.56. The van der Waals surface area contributed by atoms with Crippen LogP contribution < -0.4 is 0 Å². The monoisotopic (exact) mass is 1040 g/mol. The first kappa shape index (κ1) is 55.0. The molecule has 0 radical (unpaired) electrons. The van der Waals surface area contributed by atoms with Crippen LogP contribution in [0.3, 0.4) is 0 Å². The summed E-state index contributed by atoms with van der Waals surface area (Å²) in [6.45, 7) is 1.83. The van der Waals surface area contributed by atoms with Gasteiger partial charge in [-0.2, -0.15) is 105 Å². The first-order chi connectivity index (χ1) is 30.8. The van der Waals surface area contributed by atoms with Crippen molar-refractivity contribution in [3.05, 3.63) is 140 Å². The minimum atomic E-state index is -6.04. The average molecular weight is 1040 g/mol. The Morgan fingerprint density at radius 3 is 0.551 bits per heavy atom. The molecule has 1 aliphatic heterocycles. The quantitative estimate of drug-likeness (QED) is 0.173. The minimum Gasteiger partial charge on any atom is -0.378 e. The molecule has 0 saturated carbocycles. The second-order valence-corrected chi connectivity index (χ2v) is 15.4. The van der Waals surface area contributed by atoms with Crippen LogP contribution in [0.15, 0.2) is 72.8 Å². The van der Waals surface area contributed by atoms with Gasteiger partial charge in [0.15, 0.2) is 5.79 Å². The lowest BCUT2D eigenvalue weighted by Gasteiger charge is -2.43. The van der Waals surface area contributed by atoms with Crippen LogP contribution in [-0.2, 0) is 70.1 Å². The van der Waals surface area contributed by atoms with Crippen molar-refractivity contribution in [3.8, 4) is 0 Å². The maximum atomic E-state index is 14.4. The van der Waals surface area contributed by atoms with Crippen LogP contribution in [0.1, 0.15) is 93.5 Å². The van der Waals surface area contributed by atoms with E-state index in [-0.39, 0.29) is 0 Å². The first-order valence-electron chi connectivity index (χ1n) is 18.8. The Morgan fingerprint density at radius 1 is 0.304 bits per heavy atom. The normalized spacial score (nSPS) is 18.3. The van der Waals surface area contributed by atoms with Crippen molar-refractivity contribution in [2.75, 3.05) is 0 Å². The van der Waals surface area contributed by atoms with Crippen LogP contribution in [0.4, 0.5) is 105 Å². The van der Waals surface area contributed by atoms with Crippen molar-refractivity contribution < 1.29 is 125 Å². The van der Waals surface area contributed by atoms with Gasteiger partial charge in [-0.15, -0.1) is 0 Å². The van der Waals surface area contributed by atoms with Gasteiger partial charge >= 0.3 is 49.4 Å². The summed E-state index contributed by atoms with van der Waals surface area (Å²) in [5.41, 5.74) is -38.5. The lowest BCUT2D eigenvalue weighted by Crippen LogP contribution is -2.55. The third-order valence-electron chi connectivity index (χ3n) is 11.0. The summed E-state index contributed by atoms with van der Waals surface area (Å²) < 4.78 is 357. The van der Waals surface area contributed by atoms with Gasteiger partial charge < -0.3 is 19.7 Å². The molecular formula is C41H26F24O4. The Bertz CT molecular complexity index is 2080. The molecule has 382 valence electrons. The summed E-state index contributed by atoms with van der Waals surface area (Å²) in [5.74, 6) is -2.91. The highest BCUT2D eigenvalue weighted by Gasteiger charge is 2.64. The number of hydrogen-bond acceptors (Lipinski definition) is 4. The molecule has 0 unspecified atom stereocenters. The van der Waals surface area contributed by atoms with E-state index in [0.717, 1.165) is 13.8 Å². The predicted octanol–water partition coefficient (Wildman–Crippen LogP) is 14.3. The Hall–Kier alpha value is -4.96. The summed E-state index contributed by atoms with van der Waals surface area (Å²) in [5, 5.41) is 25.8. The highest BCUT2D eigenvalue weighted by molar-refractivity contribution is 5.51. The number of halogens is 24. The molecule has 0 bridgehead atoms. The van der Waals surface area contributed by atoms with Gasteiger partial charge in [0.05, 0.1) is 44.5 Å². The maximum absolute atomic E-state index is 14.4. The fraction of sp³-hybridized carbons (Fsp3) is 0.415. The van der Waals surface area contributed by atoms with E-state index in [1.54, 1.807) is 0 Å². The van der Waals surface area contributed by atoms with Crippen LogP contribution in [0.5, 0.6) is 0 Å². The van der Waals surface area contributed by atoms with Crippen molar-refractivity contribution in [1.29, 1.82) is 0 Å². The van der Waals surface area contributed by atoms with Crippen molar-refractivity contribution in [2.24, 2.45) is 0 Å². The molecule has 0 spiro atoms. The second kappa shape index (κ2) is 17.1. The Kier molecular flexibility index (Phi) is 13.6. The van der Waals surface area contributed by atoms with E-state index in [4.69, 9.17) is 9.47 Å². The molecule has 0 amide bonds. The van der Waals surface area contributed by atoms with E-state index in [1.807, 2.05) is 0 Å². The van der Waals surface area contributed by atoms with Crippen molar-refractivity contribution in [2.45, 2.75) is 105 Å². The zero-order valence-electron chi connectivity index (χ0n) is 33.8. The number of rotatable bonds is 8. The molecule has 1 aliphatic rings. The van der Waals surface area contributed by atoms with Crippen LogP contribution >= 0.6 is 0 Å². The molecule has 69 heavy (non-hydrogen) atoms. The molecule has 4 aromatic carbocycles. The van der Waals surface area contributed by atoms with E-state index in [0.29, 0.717) is 0 Å². The highest BCUT2D eigenvalue weighted by atomic mass is 19.4. The molecule has 28 heteroatoms. The predicted molar refractivity (Wildman–Crippen MR) is 185 cm³/mol. The van der Waals surface area contributed by atoms with Gasteiger partial charge in [0.25, 0.3) is 0 Å². The number of benzene rings is 4. The maximum Gasteiger partial charge on any atom is 0.416 e. The summed E-state index contributed by atoms with van der Waals surface area (Å²) in [6, 6.07) is -7.45. The smallest absolute Gasteiger partial charge is 0.378 e. The van der Waals surface area contributed by atoms with Gasteiger partial charge in [-0.1, -0.05) is 13.8 Å². The Morgan fingerprint density at radius 2 is 0.435 bits per heavy atom. The standard InChI is InChI=1S/C41H26F24O4/c1-3-31(4-2)68-29(32(66,17-5-21(34(42,43)44)13-22(6-17)35(45,46)47)18-7-23(36(48,49)50)14-24(8-18)37(51,52)53)30(69-31)33(67,19-9-25(38(54,55)56)15-26(10-19)39(57,58)59)20-11-27(40(60,61)62)16-28(12-20)41(63,64)65/h5-16,29-30,66-67H,3-4H2,1-2H3/t29-,30-/m1/s1. The van der Waals surface area contributed by atoms with Crippen molar-refractivity contribution >= 4 is 0 Å². The lowest BCUT2D eigenvalue weighted by atomic mass is 9.70. The van der Waals surface area contributed by atoms with Crippen LogP contribution in [0.25, 0.3) is 0 Å². The van der Waals surface area contributed by atoms with Crippen LogP contribution in [0, 0.1) is 0 Å². The molecule has 4 nitrogen and oxygen atoms in total. The average Bonchev–Trinajstić information content (AvgIpc) is 3.61. The second-order valence-electron chi connectivity index (χ2n) is 15.4.